The molecule has 0 fully saturated rings. The van der Waals surface area contributed by atoms with Crippen molar-refractivity contribution in [2.45, 2.75) is 19.4 Å². The average Bonchev–Trinajstić information content (AvgIpc) is 2.97. The van der Waals surface area contributed by atoms with Crippen LogP contribution in [0.3, 0.4) is 0 Å². The molecule has 1 atom stereocenters. The van der Waals surface area contributed by atoms with Crippen molar-refractivity contribution >= 4 is 28.6 Å². The zero-order valence-electron chi connectivity index (χ0n) is 10.1. The number of hydrogen-bond acceptors (Lipinski definition) is 4. The molecule has 96 valence electrons. The molecule has 2 aromatic rings. The van der Waals surface area contributed by atoms with Crippen LogP contribution in [0.1, 0.15) is 21.4 Å². The van der Waals surface area contributed by atoms with Crippen LogP contribution in [0.5, 0.6) is 0 Å². The van der Waals surface area contributed by atoms with E-state index in [4.69, 9.17) is 0 Å². The summed E-state index contributed by atoms with van der Waals surface area (Å²) < 4.78 is 0. The molecule has 0 aliphatic carbocycles. The number of aliphatic hydroxyl groups is 1. The molecule has 0 aliphatic rings. The molecule has 0 bridgehead atoms. The second-order valence-corrected chi connectivity index (χ2v) is 6.02. The van der Waals surface area contributed by atoms with Gasteiger partial charge in [-0.15, -0.1) is 22.7 Å². The normalized spacial score (nSPS) is 12.3. The quantitative estimate of drug-likeness (QED) is 0.884. The van der Waals surface area contributed by atoms with E-state index in [0.29, 0.717) is 6.42 Å². The van der Waals surface area contributed by atoms with Crippen molar-refractivity contribution in [3.8, 4) is 0 Å². The summed E-state index contributed by atoms with van der Waals surface area (Å²) in [6.07, 6.45) is -0.231. The highest BCUT2D eigenvalue weighted by Crippen LogP contribution is 2.23. The lowest BCUT2D eigenvalue weighted by atomic mass is 10.2. The van der Waals surface area contributed by atoms with Gasteiger partial charge in [0.05, 0.1) is 6.42 Å². The van der Waals surface area contributed by atoms with E-state index in [1.807, 2.05) is 35.9 Å². The maximum absolute atomic E-state index is 11.7. The topological polar surface area (TPSA) is 49.3 Å². The Balaban J connectivity index is 1.81. The highest BCUT2D eigenvalue weighted by Gasteiger charge is 2.13. The van der Waals surface area contributed by atoms with Crippen LogP contribution in [0.4, 0.5) is 0 Å². The number of carbonyl (C=O) groups is 1. The molecular formula is C13H15NO2S2. The molecule has 18 heavy (non-hydrogen) atoms. The summed E-state index contributed by atoms with van der Waals surface area (Å²) in [6, 6.07) is 5.83. The van der Waals surface area contributed by atoms with Crippen LogP contribution in [0, 0.1) is 6.92 Å². The fourth-order valence-electron chi connectivity index (χ4n) is 1.66. The molecule has 0 aliphatic heterocycles. The molecule has 0 saturated carbocycles. The van der Waals surface area contributed by atoms with Gasteiger partial charge in [0.25, 0.3) is 0 Å². The van der Waals surface area contributed by atoms with Crippen molar-refractivity contribution in [1.29, 1.82) is 0 Å². The molecule has 0 saturated heterocycles. The first kappa shape index (κ1) is 13.3. The Labute approximate surface area is 114 Å². The SMILES string of the molecule is Cc1ccsc1[C@@H](O)CNC(=O)Cc1cccs1. The summed E-state index contributed by atoms with van der Waals surface area (Å²) in [4.78, 5) is 13.6. The highest BCUT2D eigenvalue weighted by molar-refractivity contribution is 7.10. The number of carbonyl (C=O) groups excluding carboxylic acids is 1. The Morgan fingerprint density at radius 3 is 2.83 bits per heavy atom. The molecule has 0 unspecified atom stereocenters. The van der Waals surface area contributed by atoms with Gasteiger partial charge in [-0.25, -0.2) is 0 Å². The molecule has 1 amide bonds. The van der Waals surface area contributed by atoms with Gasteiger partial charge < -0.3 is 10.4 Å². The minimum Gasteiger partial charge on any atom is -0.386 e. The van der Waals surface area contributed by atoms with E-state index in [1.54, 1.807) is 11.3 Å². The summed E-state index contributed by atoms with van der Waals surface area (Å²) in [5, 5.41) is 16.6. The van der Waals surface area contributed by atoms with Crippen LogP contribution >= 0.6 is 22.7 Å². The molecule has 2 aromatic heterocycles. The lowest BCUT2D eigenvalue weighted by Crippen LogP contribution is -2.29. The number of aliphatic hydroxyl groups excluding tert-OH is 1. The molecule has 0 radical (unpaired) electrons. The number of thiophene rings is 2. The van der Waals surface area contributed by atoms with Gasteiger partial charge in [0.2, 0.25) is 5.91 Å². The Morgan fingerprint density at radius 2 is 2.22 bits per heavy atom. The number of nitrogens with one attached hydrogen (secondary N) is 1. The summed E-state index contributed by atoms with van der Waals surface area (Å²) in [6.45, 7) is 2.23. The van der Waals surface area contributed by atoms with Gasteiger partial charge in [0.15, 0.2) is 0 Å². The Bertz CT molecular complexity index is 505. The molecule has 2 rings (SSSR count). The van der Waals surface area contributed by atoms with E-state index in [1.165, 1.54) is 11.3 Å². The molecule has 3 nitrogen and oxygen atoms in total. The van der Waals surface area contributed by atoms with E-state index < -0.39 is 6.10 Å². The second-order valence-electron chi connectivity index (χ2n) is 4.04. The largest absolute Gasteiger partial charge is 0.386 e. The first-order chi connectivity index (χ1) is 8.66. The molecule has 5 heteroatoms. The average molecular weight is 281 g/mol. The van der Waals surface area contributed by atoms with Crippen molar-refractivity contribution in [3.63, 3.8) is 0 Å². The van der Waals surface area contributed by atoms with E-state index in [9.17, 15) is 9.90 Å². The summed E-state index contributed by atoms with van der Waals surface area (Å²) in [5.74, 6) is -0.0503. The monoisotopic (exact) mass is 281 g/mol. The summed E-state index contributed by atoms with van der Waals surface area (Å²) in [7, 11) is 0. The summed E-state index contributed by atoms with van der Waals surface area (Å²) in [5.41, 5.74) is 1.07. The lowest BCUT2D eigenvalue weighted by molar-refractivity contribution is -0.120. The zero-order chi connectivity index (χ0) is 13.0. The maximum Gasteiger partial charge on any atom is 0.225 e. The second kappa shape index (κ2) is 6.13. The zero-order valence-corrected chi connectivity index (χ0v) is 11.7. The van der Waals surface area contributed by atoms with Crippen molar-refractivity contribution in [2.24, 2.45) is 0 Å². The number of aryl methyl sites for hydroxylation is 1. The van der Waals surface area contributed by atoms with Gasteiger partial charge in [-0.2, -0.15) is 0 Å². The van der Waals surface area contributed by atoms with Crippen molar-refractivity contribution in [3.05, 3.63) is 44.3 Å². The molecule has 2 heterocycles. The van der Waals surface area contributed by atoms with Gasteiger partial charge in [0.1, 0.15) is 6.10 Å². The van der Waals surface area contributed by atoms with Crippen LogP contribution in [0.2, 0.25) is 0 Å². The van der Waals surface area contributed by atoms with Gasteiger partial charge >= 0.3 is 0 Å². The van der Waals surface area contributed by atoms with Crippen molar-refractivity contribution < 1.29 is 9.90 Å². The minimum absolute atomic E-state index is 0.0503. The fourth-order valence-corrected chi connectivity index (χ4v) is 3.28. The number of amides is 1. The Kier molecular flexibility index (Phi) is 4.52. The fraction of sp³-hybridized carbons (Fsp3) is 0.308. The smallest absolute Gasteiger partial charge is 0.225 e. The van der Waals surface area contributed by atoms with Crippen molar-refractivity contribution in [1.82, 2.24) is 5.32 Å². The summed E-state index contributed by atoms with van der Waals surface area (Å²) >= 11 is 3.08. The molecule has 0 spiro atoms. The molecule has 2 N–H and O–H groups in total. The van der Waals surface area contributed by atoms with Gasteiger partial charge in [0, 0.05) is 16.3 Å². The predicted octanol–water partition coefficient (Wildman–Crippen LogP) is 2.51. The first-order valence-electron chi connectivity index (χ1n) is 5.68. The van der Waals surface area contributed by atoms with Gasteiger partial charge in [-0.05, 0) is 35.4 Å². The standard InChI is InChI=1S/C13H15NO2S2/c1-9-4-6-18-13(9)11(15)8-14-12(16)7-10-3-2-5-17-10/h2-6,11,15H,7-8H2,1H3,(H,14,16)/t11-/m0/s1. The van der Waals surface area contributed by atoms with Crippen LogP contribution < -0.4 is 5.32 Å². The lowest BCUT2D eigenvalue weighted by Gasteiger charge is -2.11. The van der Waals surface area contributed by atoms with Gasteiger partial charge in [-0.1, -0.05) is 6.07 Å². The first-order valence-corrected chi connectivity index (χ1v) is 7.44. The Hall–Kier alpha value is -1.17. The minimum atomic E-state index is -0.614. The molecular weight excluding hydrogens is 266 g/mol. The van der Waals surface area contributed by atoms with E-state index in [0.717, 1.165) is 15.3 Å². The van der Waals surface area contributed by atoms with Crippen LogP contribution in [0.15, 0.2) is 29.0 Å². The Morgan fingerprint density at radius 1 is 1.39 bits per heavy atom. The van der Waals surface area contributed by atoms with Crippen LogP contribution in [-0.4, -0.2) is 17.6 Å². The molecule has 0 aromatic carbocycles. The van der Waals surface area contributed by atoms with Crippen LogP contribution in [0.25, 0.3) is 0 Å². The van der Waals surface area contributed by atoms with Gasteiger partial charge in [-0.3, -0.25) is 4.79 Å². The maximum atomic E-state index is 11.7. The van der Waals surface area contributed by atoms with Crippen LogP contribution in [-0.2, 0) is 11.2 Å². The van der Waals surface area contributed by atoms with Crippen molar-refractivity contribution in [2.75, 3.05) is 6.54 Å². The third kappa shape index (κ3) is 3.41. The highest BCUT2D eigenvalue weighted by atomic mass is 32.1. The van der Waals surface area contributed by atoms with E-state index in [-0.39, 0.29) is 12.5 Å². The number of rotatable bonds is 5. The van der Waals surface area contributed by atoms with E-state index in [2.05, 4.69) is 5.32 Å². The predicted molar refractivity (Wildman–Crippen MR) is 75.0 cm³/mol. The van der Waals surface area contributed by atoms with E-state index >= 15 is 0 Å². The number of hydrogen-bond donors (Lipinski definition) is 2. The third-order valence-electron chi connectivity index (χ3n) is 2.61. The third-order valence-corrected chi connectivity index (χ3v) is 4.61.